The van der Waals surface area contributed by atoms with Crippen molar-refractivity contribution >= 4 is 0 Å². The largest absolute Gasteiger partial charge is 0.329 e. The Morgan fingerprint density at radius 1 is 1.43 bits per heavy atom. The average molecular weight is 193 g/mol. The van der Waals surface area contributed by atoms with Gasteiger partial charge in [0.05, 0.1) is 0 Å². The maximum Gasteiger partial charge on any atom is 0.0290 e. The smallest absolute Gasteiger partial charge is 0.0290 e. The van der Waals surface area contributed by atoms with Crippen molar-refractivity contribution in [3.8, 4) is 0 Å². The Labute approximate surface area is 85.5 Å². The number of rotatable bonds is 5. The summed E-state index contributed by atoms with van der Waals surface area (Å²) in [7, 11) is 0. The van der Waals surface area contributed by atoms with Crippen LogP contribution in [-0.4, -0.2) is 19.1 Å². The molecule has 0 amide bonds. The molecule has 3 nitrogen and oxygen atoms in total. The zero-order valence-corrected chi connectivity index (χ0v) is 8.66. The van der Waals surface area contributed by atoms with E-state index in [1.54, 1.807) is 0 Å². The molecule has 5 N–H and O–H groups in total. The molecule has 0 saturated heterocycles. The van der Waals surface area contributed by atoms with Crippen molar-refractivity contribution in [3.05, 3.63) is 35.4 Å². The maximum absolute atomic E-state index is 5.68. The summed E-state index contributed by atoms with van der Waals surface area (Å²) in [6, 6.07) is 8.49. The lowest BCUT2D eigenvalue weighted by atomic mass is 10.1. The zero-order chi connectivity index (χ0) is 10.4. The van der Waals surface area contributed by atoms with E-state index in [1.807, 2.05) is 0 Å². The molecule has 14 heavy (non-hydrogen) atoms. The summed E-state index contributed by atoms with van der Waals surface area (Å²) in [5, 5.41) is 3.27. The molecule has 0 aromatic heterocycles. The summed E-state index contributed by atoms with van der Waals surface area (Å²) in [5.41, 5.74) is 13.7. The van der Waals surface area contributed by atoms with Gasteiger partial charge in [0.1, 0.15) is 0 Å². The second-order valence-corrected chi connectivity index (χ2v) is 3.62. The molecule has 1 atom stereocenters. The van der Waals surface area contributed by atoms with Gasteiger partial charge in [-0.3, -0.25) is 0 Å². The van der Waals surface area contributed by atoms with Crippen LogP contribution in [0.5, 0.6) is 0 Å². The van der Waals surface area contributed by atoms with E-state index in [9.17, 15) is 0 Å². The van der Waals surface area contributed by atoms with Crippen LogP contribution in [0.2, 0.25) is 0 Å². The van der Waals surface area contributed by atoms with Gasteiger partial charge < -0.3 is 16.8 Å². The Hall–Kier alpha value is -0.900. The van der Waals surface area contributed by atoms with E-state index in [4.69, 9.17) is 11.5 Å². The molecule has 0 aliphatic carbocycles. The topological polar surface area (TPSA) is 64.1 Å². The van der Waals surface area contributed by atoms with Crippen LogP contribution in [0.3, 0.4) is 0 Å². The number of hydrogen-bond acceptors (Lipinski definition) is 3. The van der Waals surface area contributed by atoms with Gasteiger partial charge in [0.15, 0.2) is 0 Å². The van der Waals surface area contributed by atoms with Gasteiger partial charge in [-0.25, -0.2) is 0 Å². The van der Waals surface area contributed by atoms with Gasteiger partial charge in [-0.1, -0.05) is 29.8 Å². The summed E-state index contributed by atoms with van der Waals surface area (Å²) in [5.74, 6) is 0. The monoisotopic (exact) mass is 193 g/mol. The molecular formula is C11H19N3. The van der Waals surface area contributed by atoms with E-state index in [-0.39, 0.29) is 6.04 Å². The van der Waals surface area contributed by atoms with Gasteiger partial charge in [-0.2, -0.15) is 0 Å². The number of hydrogen-bond donors (Lipinski definition) is 3. The molecule has 0 aliphatic rings. The molecule has 78 valence electrons. The van der Waals surface area contributed by atoms with Crippen molar-refractivity contribution in [2.75, 3.05) is 13.1 Å². The Balaban J connectivity index is 2.31. The first-order valence-corrected chi connectivity index (χ1v) is 4.94. The Morgan fingerprint density at radius 2 is 2.21 bits per heavy atom. The summed E-state index contributed by atoms with van der Waals surface area (Å²) >= 11 is 0. The van der Waals surface area contributed by atoms with Crippen LogP contribution in [0, 0.1) is 6.92 Å². The lowest BCUT2D eigenvalue weighted by Gasteiger charge is -2.10. The SMILES string of the molecule is Cc1cccc(CNCC(N)CN)c1. The molecule has 0 aliphatic heterocycles. The maximum atomic E-state index is 5.68. The van der Waals surface area contributed by atoms with E-state index in [0.717, 1.165) is 13.1 Å². The first-order valence-electron chi connectivity index (χ1n) is 4.94. The lowest BCUT2D eigenvalue weighted by molar-refractivity contribution is 0.582. The number of nitrogens with one attached hydrogen (secondary N) is 1. The van der Waals surface area contributed by atoms with Crippen molar-refractivity contribution in [1.82, 2.24) is 5.32 Å². The molecule has 0 saturated carbocycles. The normalized spacial score (nSPS) is 12.8. The summed E-state index contributed by atoms with van der Waals surface area (Å²) < 4.78 is 0. The van der Waals surface area contributed by atoms with Crippen LogP contribution in [0.4, 0.5) is 0 Å². The van der Waals surface area contributed by atoms with Crippen LogP contribution in [0.25, 0.3) is 0 Å². The predicted octanol–water partition coefficient (Wildman–Crippen LogP) is 0.371. The van der Waals surface area contributed by atoms with Crippen LogP contribution < -0.4 is 16.8 Å². The van der Waals surface area contributed by atoms with E-state index in [0.29, 0.717) is 6.54 Å². The van der Waals surface area contributed by atoms with Crippen molar-refractivity contribution in [3.63, 3.8) is 0 Å². The molecule has 1 aromatic carbocycles. The van der Waals surface area contributed by atoms with Gasteiger partial charge in [0.2, 0.25) is 0 Å². The standard InChI is InChI=1S/C11H19N3/c1-9-3-2-4-10(5-9)7-14-8-11(13)6-12/h2-5,11,14H,6-8,12-13H2,1H3. The predicted molar refractivity (Wildman–Crippen MR) is 59.9 cm³/mol. The molecule has 1 rings (SSSR count). The Kier molecular flexibility index (Phi) is 4.59. The second-order valence-electron chi connectivity index (χ2n) is 3.62. The molecule has 0 heterocycles. The number of nitrogens with two attached hydrogens (primary N) is 2. The molecule has 0 bridgehead atoms. The lowest BCUT2D eigenvalue weighted by Crippen LogP contribution is -2.39. The fourth-order valence-electron chi connectivity index (χ4n) is 1.31. The fraction of sp³-hybridized carbons (Fsp3) is 0.455. The van der Waals surface area contributed by atoms with Gasteiger partial charge in [0.25, 0.3) is 0 Å². The molecular weight excluding hydrogens is 174 g/mol. The number of benzene rings is 1. The van der Waals surface area contributed by atoms with E-state index in [1.165, 1.54) is 11.1 Å². The summed E-state index contributed by atoms with van der Waals surface area (Å²) in [4.78, 5) is 0. The molecule has 0 radical (unpaired) electrons. The first-order chi connectivity index (χ1) is 6.72. The van der Waals surface area contributed by atoms with Crippen molar-refractivity contribution in [2.45, 2.75) is 19.5 Å². The minimum Gasteiger partial charge on any atom is -0.329 e. The highest BCUT2D eigenvalue weighted by atomic mass is 14.9. The van der Waals surface area contributed by atoms with Crippen LogP contribution in [-0.2, 0) is 6.54 Å². The second kappa shape index (κ2) is 5.75. The third-order valence-electron chi connectivity index (χ3n) is 2.12. The summed E-state index contributed by atoms with van der Waals surface area (Å²) in [6.07, 6.45) is 0. The van der Waals surface area contributed by atoms with E-state index >= 15 is 0 Å². The van der Waals surface area contributed by atoms with Crippen LogP contribution >= 0.6 is 0 Å². The van der Waals surface area contributed by atoms with Gasteiger partial charge in [0, 0.05) is 25.7 Å². The van der Waals surface area contributed by atoms with Gasteiger partial charge >= 0.3 is 0 Å². The third kappa shape index (κ3) is 3.87. The van der Waals surface area contributed by atoms with Gasteiger partial charge in [-0.15, -0.1) is 0 Å². The van der Waals surface area contributed by atoms with Crippen molar-refractivity contribution in [1.29, 1.82) is 0 Å². The van der Waals surface area contributed by atoms with E-state index < -0.39 is 0 Å². The first kappa shape index (κ1) is 11.2. The third-order valence-corrected chi connectivity index (χ3v) is 2.12. The molecule has 0 spiro atoms. The molecule has 1 unspecified atom stereocenters. The van der Waals surface area contributed by atoms with Crippen molar-refractivity contribution in [2.24, 2.45) is 11.5 Å². The molecule has 0 fully saturated rings. The highest BCUT2D eigenvalue weighted by Crippen LogP contribution is 2.02. The van der Waals surface area contributed by atoms with Crippen LogP contribution in [0.15, 0.2) is 24.3 Å². The molecule has 1 aromatic rings. The highest BCUT2D eigenvalue weighted by molar-refractivity contribution is 5.21. The summed E-state index contributed by atoms with van der Waals surface area (Å²) in [6.45, 7) is 4.25. The van der Waals surface area contributed by atoms with Crippen LogP contribution in [0.1, 0.15) is 11.1 Å². The Bertz CT molecular complexity index is 273. The fourth-order valence-corrected chi connectivity index (χ4v) is 1.31. The molecule has 3 heteroatoms. The van der Waals surface area contributed by atoms with Crippen molar-refractivity contribution < 1.29 is 0 Å². The minimum atomic E-state index is 0.0554. The quantitative estimate of drug-likeness (QED) is 0.633. The highest BCUT2D eigenvalue weighted by Gasteiger charge is 1.98. The van der Waals surface area contributed by atoms with E-state index in [2.05, 4.69) is 36.5 Å². The average Bonchev–Trinajstić information content (AvgIpc) is 2.17. The Morgan fingerprint density at radius 3 is 2.86 bits per heavy atom. The minimum absolute atomic E-state index is 0.0554. The number of aryl methyl sites for hydroxylation is 1. The van der Waals surface area contributed by atoms with Gasteiger partial charge in [-0.05, 0) is 12.5 Å². The zero-order valence-electron chi connectivity index (χ0n) is 8.66.